The number of carboxylic acid groups (broad SMARTS) is 1. The van der Waals surface area contributed by atoms with Crippen molar-refractivity contribution in [3.8, 4) is 0 Å². The lowest BCUT2D eigenvalue weighted by Crippen LogP contribution is -2.56. The third kappa shape index (κ3) is 9.59. The molecule has 0 aromatic carbocycles. The number of hydrogen-bond donors (Lipinski definition) is 8. The maximum atomic E-state index is 12.9. The maximum Gasteiger partial charge on any atom is 0.305 e. The van der Waals surface area contributed by atoms with Crippen LogP contribution in [0, 0.1) is 0 Å². The molecule has 1 amide bonds. The zero-order valence-electron chi connectivity index (χ0n) is 18.7. The van der Waals surface area contributed by atoms with E-state index in [2.05, 4.69) is 21.4 Å². The van der Waals surface area contributed by atoms with Crippen molar-refractivity contribution in [3.63, 3.8) is 0 Å². The summed E-state index contributed by atoms with van der Waals surface area (Å²) in [5.74, 6) is -4.10. The van der Waals surface area contributed by atoms with Crippen molar-refractivity contribution in [1.29, 1.82) is 0 Å². The maximum absolute atomic E-state index is 12.9. The molecule has 0 aliphatic carbocycles. The number of carbonyl (C=O) groups excluding carboxylic acids is 4. The second kappa shape index (κ2) is 14.7. The molecule has 33 heavy (non-hydrogen) atoms. The summed E-state index contributed by atoms with van der Waals surface area (Å²) >= 11 is 0. The molecular formula is C19H35N7O7. The highest BCUT2D eigenvalue weighted by atomic mass is 16.4. The minimum absolute atomic E-state index is 0.330. The molecule has 0 aromatic rings. The van der Waals surface area contributed by atoms with E-state index in [1.54, 1.807) is 0 Å². The van der Waals surface area contributed by atoms with Gasteiger partial charge in [0.1, 0.15) is 24.7 Å². The fourth-order valence-electron chi connectivity index (χ4n) is 3.46. The Morgan fingerprint density at radius 2 is 1.91 bits per heavy atom. The number of aldehydes is 1. The van der Waals surface area contributed by atoms with Crippen LogP contribution in [0.5, 0.6) is 0 Å². The first-order chi connectivity index (χ1) is 15.6. The summed E-state index contributed by atoms with van der Waals surface area (Å²) in [6.07, 6.45) is 1.16. The summed E-state index contributed by atoms with van der Waals surface area (Å²) in [5.41, 5.74) is 13.7. The van der Waals surface area contributed by atoms with Gasteiger partial charge < -0.3 is 37.1 Å². The number of aliphatic hydroxyl groups excluding tert-OH is 1. The number of amides is 1. The highest BCUT2D eigenvalue weighted by Gasteiger charge is 2.39. The Kier molecular flexibility index (Phi) is 12.8. The Balaban J connectivity index is 2.81. The van der Waals surface area contributed by atoms with Crippen LogP contribution in [0.2, 0.25) is 0 Å². The Morgan fingerprint density at radius 1 is 1.21 bits per heavy atom. The van der Waals surface area contributed by atoms with Crippen LogP contribution in [0.15, 0.2) is 0 Å². The van der Waals surface area contributed by atoms with Gasteiger partial charge in [-0.1, -0.05) is 0 Å². The first-order valence-corrected chi connectivity index (χ1v) is 10.8. The van der Waals surface area contributed by atoms with E-state index in [0.29, 0.717) is 45.1 Å². The lowest BCUT2D eigenvalue weighted by molar-refractivity contribution is -0.145. The predicted molar refractivity (Wildman–Crippen MR) is 116 cm³/mol. The molecule has 0 bridgehead atoms. The molecule has 0 saturated carbocycles. The van der Waals surface area contributed by atoms with Crippen molar-refractivity contribution in [3.05, 3.63) is 0 Å². The van der Waals surface area contributed by atoms with E-state index in [-0.39, 0.29) is 0 Å². The fraction of sp³-hybridized carbons (Fsp3) is 0.737. The number of ketones is 2. The predicted octanol–water partition coefficient (Wildman–Crippen LogP) is -4.23. The number of likely N-dealkylation sites (N-methyl/N-ethyl adjacent to an activating group) is 1. The van der Waals surface area contributed by atoms with Crippen LogP contribution in [-0.4, -0.2) is 102 Å². The molecule has 1 heterocycles. The summed E-state index contributed by atoms with van der Waals surface area (Å²) in [7, 11) is 1.41. The number of nitrogens with one attached hydrogen (secondary N) is 4. The van der Waals surface area contributed by atoms with Crippen LogP contribution < -0.4 is 32.8 Å². The molecule has 14 heteroatoms. The van der Waals surface area contributed by atoms with E-state index in [1.165, 1.54) is 12.1 Å². The Hall–Kier alpha value is -2.33. The topological polar surface area (TPSA) is 229 Å². The molecule has 0 spiro atoms. The quantitative estimate of drug-likeness (QED) is 0.0434. The van der Waals surface area contributed by atoms with Crippen LogP contribution in [0.4, 0.5) is 0 Å². The largest absolute Gasteiger partial charge is 0.481 e. The number of carboxylic acids is 1. The number of Topliss-reactive ketones (excluding diaryl/α,β-unsaturated/α-hetero) is 2. The summed E-state index contributed by atoms with van der Waals surface area (Å²) < 4.78 is 0. The average molecular weight is 474 g/mol. The number of hydrogen-bond acceptors (Lipinski definition) is 12. The number of rotatable bonds is 17. The Morgan fingerprint density at radius 3 is 2.45 bits per heavy atom. The molecule has 1 aliphatic heterocycles. The molecular weight excluding hydrogens is 438 g/mol. The van der Waals surface area contributed by atoms with E-state index < -0.39 is 66.9 Å². The molecule has 1 saturated heterocycles. The van der Waals surface area contributed by atoms with Gasteiger partial charge in [0.05, 0.1) is 25.1 Å². The van der Waals surface area contributed by atoms with Crippen molar-refractivity contribution in [2.45, 2.75) is 62.6 Å². The van der Waals surface area contributed by atoms with Crippen LogP contribution in [0.25, 0.3) is 0 Å². The molecule has 188 valence electrons. The van der Waals surface area contributed by atoms with Crippen LogP contribution in [-0.2, 0) is 24.0 Å². The first-order valence-electron chi connectivity index (χ1n) is 10.8. The zero-order chi connectivity index (χ0) is 25.0. The smallest absolute Gasteiger partial charge is 0.305 e. The number of carbonyl (C=O) groups is 5. The minimum atomic E-state index is -1.58. The monoisotopic (exact) mass is 473 g/mol. The summed E-state index contributed by atoms with van der Waals surface area (Å²) in [6.45, 7) is 0.315. The number of aliphatic hydroxyl groups is 1. The second-order valence-corrected chi connectivity index (χ2v) is 7.76. The highest BCUT2D eigenvalue weighted by Crippen LogP contribution is 2.18. The van der Waals surface area contributed by atoms with Gasteiger partial charge in [-0.05, 0) is 39.3 Å². The minimum Gasteiger partial charge on any atom is -0.481 e. The number of aliphatic carboxylic acids is 1. The second-order valence-electron chi connectivity index (χ2n) is 7.76. The molecule has 4 atom stereocenters. The summed E-state index contributed by atoms with van der Waals surface area (Å²) in [5, 5.41) is 27.4. The van der Waals surface area contributed by atoms with Gasteiger partial charge >= 0.3 is 5.97 Å². The zero-order valence-corrected chi connectivity index (χ0v) is 18.7. The van der Waals surface area contributed by atoms with E-state index >= 15 is 0 Å². The van der Waals surface area contributed by atoms with E-state index in [0.717, 1.165) is 0 Å². The Labute approximate surface area is 191 Å². The molecule has 0 radical (unpaired) electrons. The van der Waals surface area contributed by atoms with Gasteiger partial charge in [0.2, 0.25) is 17.5 Å². The summed E-state index contributed by atoms with van der Waals surface area (Å²) in [4.78, 5) is 60.6. The van der Waals surface area contributed by atoms with E-state index in [9.17, 15) is 29.1 Å². The molecule has 1 aliphatic rings. The van der Waals surface area contributed by atoms with Crippen LogP contribution >= 0.6 is 0 Å². The van der Waals surface area contributed by atoms with Gasteiger partial charge in [0.25, 0.3) is 0 Å². The van der Waals surface area contributed by atoms with E-state index in [4.69, 9.17) is 16.6 Å². The molecule has 14 nitrogen and oxygen atoms in total. The molecule has 0 aromatic heterocycles. The average Bonchev–Trinajstić information content (AvgIpc) is 3.22. The van der Waals surface area contributed by atoms with Gasteiger partial charge in [0.15, 0.2) is 0 Å². The van der Waals surface area contributed by atoms with Crippen molar-refractivity contribution in [1.82, 2.24) is 26.4 Å². The lowest BCUT2D eigenvalue weighted by Gasteiger charge is -2.28. The standard InChI is InChI=1S/C19H35N7O7/c1-22-13(10-28)18(33)24-12(8-15(29)30)16(31)17(32)14-5-3-7-26(14)25-11(9-27)4-2-6-23-19(20)21/h9,11-14,19,22-23,25,28H,2-8,10,20-21H2,1H3,(H,24,33)(H,29,30)/t11-,12-,13-,14-/m0/s1. The Bertz CT molecular complexity index is 687. The highest BCUT2D eigenvalue weighted by molar-refractivity contribution is 6.41. The molecule has 1 rings (SSSR count). The van der Waals surface area contributed by atoms with Gasteiger partial charge in [-0.25, -0.2) is 10.4 Å². The molecule has 0 unspecified atom stereocenters. The third-order valence-electron chi connectivity index (χ3n) is 5.23. The number of nitrogens with zero attached hydrogens (tertiary/aromatic N) is 1. The van der Waals surface area contributed by atoms with Gasteiger partial charge in [0, 0.05) is 6.54 Å². The SMILES string of the molecule is CN[C@@H](CO)C(=O)N[C@@H](CC(=O)O)C(=O)C(=O)[C@@H]1CCCN1N[C@H](C=O)CCCNC(N)N. The first kappa shape index (κ1) is 28.7. The van der Waals surface area contributed by atoms with E-state index in [1.807, 2.05) is 0 Å². The van der Waals surface area contributed by atoms with Crippen molar-refractivity contribution in [2.75, 3.05) is 26.7 Å². The van der Waals surface area contributed by atoms with Crippen LogP contribution in [0.3, 0.4) is 0 Å². The normalized spacial score (nSPS) is 19.1. The lowest BCUT2D eigenvalue weighted by atomic mass is 9.99. The van der Waals surface area contributed by atoms with Gasteiger partial charge in [-0.15, -0.1) is 0 Å². The third-order valence-corrected chi connectivity index (χ3v) is 5.23. The van der Waals surface area contributed by atoms with Crippen LogP contribution in [0.1, 0.15) is 32.1 Å². The van der Waals surface area contributed by atoms with Gasteiger partial charge in [-0.2, -0.15) is 0 Å². The number of nitrogens with two attached hydrogens (primary N) is 2. The molecule has 1 fully saturated rings. The van der Waals surface area contributed by atoms with Gasteiger partial charge in [-0.3, -0.25) is 24.5 Å². The summed E-state index contributed by atoms with van der Waals surface area (Å²) in [6, 6.07) is -4.16. The van der Waals surface area contributed by atoms with Crippen molar-refractivity contribution in [2.24, 2.45) is 11.5 Å². The molecule has 10 N–H and O–H groups in total. The van der Waals surface area contributed by atoms with Crippen molar-refractivity contribution >= 4 is 29.7 Å². The van der Waals surface area contributed by atoms with Crippen molar-refractivity contribution < 1.29 is 34.2 Å². The fourth-order valence-corrected chi connectivity index (χ4v) is 3.46. The number of hydrazine groups is 1.